The van der Waals surface area contributed by atoms with Gasteiger partial charge in [-0.15, -0.1) is 11.3 Å². The summed E-state index contributed by atoms with van der Waals surface area (Å²) in [5, 5.41) is 2.01. The lowest BCUT2D eigenvalue weighted by Crippen LogP contribution is -2.47. The lowest BCUT2D eigenvalue weighted by atomic mass is 10.1. The number of methoxy groups -OCH3 is 1. The van der Waals surface area contributed by atoms with Crippen molar-refractivity contribution in [2.75, 3.05) is 43.1 Å². The summed E-state index contributed by atoms with van der Waals surface area (Å²) >= 11 is 1.43. The Kier molecular flexibility index (Phi) is 4.88. The fourth-order valence-electron chi connectivity index (χ4n) is 3.86. The summed E-state index contributed by atoms with van der Waals surface area (Å²) in [6.07, 6.45) is 0. The average Bonchev–Trinajstić information content (AvgIpc) is 3.24. The molecule has 1 saturated heterocycles. The third-order valence-corrected chi connectivity index (χ3v) is 6.48. The fourth-order valence-corrected chi connectivity index (χ4v) is 4.77. The number of para-hydroxylation sites is 1. The Labute approximate surface area is 178 Å². The quantitative estimate of drug-likeness (QED) is 0.543. The van der Waals surface area contributed by atoms with Gasteiger partial charge in [0.25, 0.3) is 5.56 Å². The molecule has 0 atom stereocenters. The third-order valence-electron chi connectivity index (χ3n) is 5.52. The highest BCUT2D eigenvalue weighted by Gasteiger charge is 2.21. The molecule has 0 amide bonds. The van der Waals surface area contributed by atoms with E-state index in [9.17, 15) is 4.79 Å². The first-order chi connectivity index (χ1) is 14.7. The summed E-state index contributed by atoms with van der Waals surface area (Å²) in [4.78, 5) is 25.1. The molecule has 2 aromatic heterocycles. The van der Waals surface area contributed by atoms with E-state index in [1.54, 1.807) is 7.11 Å². The Balaban J connectivity index is 1.43. The topological polar surface area (TPSA) is 61.5 Å². The first-order valence-electron chi connectivity index (χ1n) is 9.94. The summed E-state index contributed by atoms with van der Waals surface area (Å²) in [7, 11) is 1.65. The van der Waals surface area contributed by atoms with E-state index >= 15 is 0 Å². The number of H-pyrrole nitrogens is 1. The lowest BCUT2D eigenvalue weighted by Gasteiger charge is -2.36. The molecule has 0 saturated carbocycles. The van der Waals surface area contributed by atoms with Crippen LogP contribution in [0.5, 0.6) is 5.75 Å². The monoisotopic (exact) mass is 418 g/mol. The Bertz CT molecular complexity index is 1210. The van der Waals surface area contributed by atoms with Crippen LogP contribution in [0.1, 0.15) is 0 Å². The van der Waals surface area contributed by atoms with Crippen molar-refractivity contribution in [2.24, 2.45) is 0 Å². The first kappa shape index (κ1) is 18.7. The molecule has 2 aromatic carbocycles. The predicted octanol–water partition coefficient (Wildman–Crippen LogP) is 3.99. The number of nitrogens with zero attached hydrogens (tertiary/aromatic N) is 3. The van der Waals surface area contributed by atoms with Crippen molar-refractivity contribution >= 4 is 33.2 Å². The van der Waals surface area contributed by atoms with Crippen LogP contribution in [-0.2, 0) is 0 Å². The van der Waals surface area contributed by atoms with E-state index < -0.39 is 0 Å². The van der Waals surface area contributed by atoms with Crippen LogP contribution in [0.15, 0.2) is 64.8 Å². The van der Waals surface area contributed by atoms with Crippen molar-refractivity contribution in [1.82, 2.24) is 9.97 Å². The zero-order valence-electron chi connectivity index (χ0n) is 16.7. The number of ether oxygens (including phenoxy) is 1. The highest BCUT2D eigenvalue weighted by Crippen LogP contribution is 2.32. The molecule has 3 heterocycles. The summed E-state index contributed by atoms with van der Waals surface area (Å²) in [6.45, 7) is 3.40. The van der Waals surface area contributed by atoms with Crippen LogP contribution in [0.3, 0.4) is 0 Å². The van der Waals surface area contributed by atoms with E-state index in [4.69, 9.17) is 9.72 Å². The molecule has 152 valence electrons. The maximum atomic E-state index is 12.7. The number of hydrogen-bond donors (Lipinski definition) is 1. The van der Waals surface area contributed by atoms with Crippen LogP contribution in [0.4, 0.5) is 11.6 Å². The summed E-state index contributed by atoms with van der Waals surface area (Å²) in [6, 6.07) is 18.3. The van der Waals surface area contributed by atoms with Gasteiger partial charge in [-0.05, 0) is 29.8 Å². The SMILES string of the molecule is COc1ccc(-c2csc3c(=O)[nH]c(N4CCN(c5ccccc5)CC4)nc23)cc1. The Morgan fingerprint density at radius 1 is 0.967 bits per heavy atom. The van der Waals surface area contributed by atoms with Gasteiger partial charge >= 0.3 is 0 Å². The van der Waals surface area contributed by atoms with E-state index in [-0.39, 0.29) is 5.56 Å². The highest BCUT2D eigenvalue weighted by molar-refractivity contribution is 7.17. The maximum Gasteiger partial charge on any atom is 0.270 e. The van der Waals surface area contributed by atoms with Crippen LogP contribution in [0, 0.1) is 0 Å². The van der Waals surface area contributed by atoms with E-state index in [0.29, 0.717) is 10.6 Å². The molecular formula is C23H22N4O2S. The van der Waals surface area contributed by atoms with Crippen LogP contribution in [0.25, 0.3) is 21.3 Å². The number of benzene rings is 2. The number of nitrogens with one attached hydrogen (secondary N) is 1. The molecule has 0 unspecified atom stereocenters. The number of aromatic nitrogens is 2. The second-order valence-corrected chi connectivity index (χ2v) is 8.13. The van der Waals surface area contributed by atoms with Gasteiger partial charge in [-0.25, -0.2) is 4.98 Å². The van der Waals surface area contributed by atoms with Crippen molar-refractivity contribution in [1.29, 1.82) is 0 Å². The van der Waals surface area contributed by atoms with Crippen LogP contribution < -0.4 is 20.1 Å². The molecule has 7 heteroatoms. The van der Waals surface area contributed by atoms with E-state index in [1.807, 2.05) is 35.7 Å². The van der Waals surface area contributed by atoms with Crippen LogP contribution in [0.2, 0.25) is 0 Å². The zero-order valence-corrected chi connectivity index (χ0v) is 17.5. The Hall–Kier alpha value is -3.32. The number of thiophene rings is 1. The van der Waals surface area contributed by atoms with Gasteiger partial charge in [0.1, 0.15) is 10.4 Å². The minimum atomic E-state index is -0.0785. The first-order valence-corrected chi connectivity index (χ1v) is 10.8. The molecule has 1 aliphatic rings. The van der Waals surface area contributed by atoms with Gasteiger partial charge in [-0.1, -0.05) is 30.3 Å². The summed E-state index contributed by atoms with van der Waals surface area (Å²) in [5.74, 6) is 1.45. The summed E-state index contributed by atoms with van der Waals surface area (Å²) in [5.41, 5.74) is 3.92. The number of rotatable bonds is 4. The van der Waals surface area contributed by atoms with Crippen LogP contribution >= 0.6 is 11.3 Å². The normalized spacial score (nSPS) is 14.3. The number of fused-ring (bicyclic) bond motifs is 1. The molecule has 6 nitrogen and oxygen atoms in total. The summed E-state index contributed by atoms with van der Waals surface area (Å²) < 4.78 is 5.91. The molecule has 5 rings (SSSR count). The molecule has 0 aliphatic carbocycles. The van der Waals surface area contributed by atoms with Crippen molar-refractivity contribution in [3.05, 3.63) is 70.3 Å². The molecule has 1 fully saturated rings. The van der Waals surface area contributed by atoms with Crippen LogP contribution in [-0.4, -0.2) is 43.3 Å². The third kappa shape index (κ3) is 3.41. The van der Waals surface area contributed by atoms with Gasteiger partial charge in [0.05, 0.1) is 12.6 Å². The highest BCUT2D eigenvalue weighted by atomic mass is 32.1. The molecule has 30 heavy (non-hydrogen) atoms. The lowest BCUT2D eigenvalue weighted by molar-refractivity contribution is 0.415. The second-order valence-electron chi connectivity index (χ2n) is 7.25. The van der Waals surface area contributed by atoms with E-state index in [0.717, 1.165) is 48.6 Å². The minimum absolute atomic E-state index is 0.0785. The largest absolute Gasteiger partial charge is 0.497 e. The van der Waals surface area contributed by atoms with Crippen molar-refractivity contribution in [3.63, 3.8) is 0 Å². The smallest absolute Gasteiger partial charge is 0.270 e. The minimum Gasteiger partial charge on any atom is -0.497 e. The van der Waals surface area contributed by atoms with Gasteiger partial charge in [0, 0.05) is 42.8 Å². The number of aromatic amines is 1. The van der Waals surface area contributed by atoms with E-state index in [2.05, 4.69) is 39.0 Å². The maximum absolute atomic E-state index is 12.7. The molecule has 0 bridgehead atoms. The van der Waals surface area contributed by atoms with Gasteiger partial charge in [-0.3, -0.25) is 9.78 Å². The van der Waals surface area contributed by atoms with Crippen molar-refractivity contribution in [3.8, 4) is 16.9 Å². The van der Waals surface area contributed by atoms with Crippen molar-refractivity contribution < 1.29 is 4.74 Å². The molecule has 0 spiro atoms. The molecular weight excluding hydrogens is 396 g/mol. The molecule has 0 radical (unpaired) electrons. The average molecular weight is 419 g/mol. The fraction of sp³-hybridized carbons (Fsp3) is 0.217. The molecule has 1 N–H and O–H groups in total. The molecule has 4 aromatic rings. The van der Waals surface area contributed by atoms with Crippen molar-refractivity contribution in [2.45, 2.75) is 0 Å². The number of piperazine rings is 1. The predicted molar refractivity (Wildman–Crippen MR) is 123 cm³/mol. The van der Waals surface area contributed by atoms with Gasteiger partial charge in [0.15, 0.2) is 0 Å². The second kappa shape index (κ2) is 7.84. The Morgan fingerprint density at radius 2 is 1.67 bits per heavy atom. The Morgan fingerprint density at radius 3 is 2.37 bits per heavy atom. The molecule has 1 aliphatic heterocycles. The zero-order chi connectivity index (χ0) is 20.5. The van der Waals surface area contributed by atoms with Gasteiger partial charge in [0.2, 0.25) is 5.95 Å². The van der Waals surface area contributed by atoms with Gasteiger partial charge in [-0.2, -0.15) is 0 Å². The van der Waals surface area contributed by atoms with Gasteiger partial charge < -0.3 is 14.5 Å². The standard InChI is InChI=1S/C23H22N4O2S/c1-29-18-9-7-16(8-10-18)19-15-30-21-20(19)24-23(25-22(21)28)27-13-11-26(12-14-27)17-5-3-2-4-6-17/h2-10,15H,11-14H2,1H3,(H,24,25,28). The number of hydrogen-bond acceptors (Lipinski definition) is 6. The number of anilines is 2. The van der Waals surface area contributed by atoms with E-state index in [1.165, 1.54) is 17.0 Å².